The Morgan fingerprint density at radius 3 is 2.92 bits per heavy atom. The molecule has 0 unspecified atom stereocenters. The zero-order valence-electron chi connectivity index (χ0n) is 13.7. The highest BCUT2D eigenvalue weighted by atomic mass is 32.2. The van der Waals surface area contributed by atoms with Crippen LogP contribution in [-0.4, -0.2) is 49.3 Å². The molecule has 1 aliphatic rings. The summed E-state index contributed by atoms with van der Waals surface area (Å²) in [4.78, 5) is 31.6. The molecule has 3 heterocycles. The van der Waals surface area contributed by atoms with Gasteiger partial charge in [-0.05, 0) is 18.2 Å². The summed E-state index contributed by atoms with van der Waals surface area (Å²) in [7, 11) is 0. The number of hydrogen-bond acceptors (Lipinski definition) is 7. The first kappa shape index (κ1) is 18.3. The van der Waals surface area contributed by atoms with E-state index in [1.165, 1.54) is 15.4 Å². The van der Waals surface area contributed by atoms with Gasteiger partial charge in [0.05, 0.1) is 17.1 Å². The number of nitrogens with zero attached hydrogens (tertiary/aromatic N) is 3. The largest absolute Gasteiger partial charge is 0.395 e. The Morgan fingerprint density at radius 1 is 1.38 bits per heavy atom. The van der Waals surface area contributed by atoms with Crippen LogP contribution in [0.4, 0.5) is 5.82 Å². The molecular weight excluding hydrogens is 372 g/mol. The fourth-order valence-electron chi connectivity index (χ4n) is 2.46. The topological polar surface area (TPSA) is 86.9 Å². The van der Waals surface area contributed by atoms with Crippen molar-refractivity contribution in [3.63, 3.8) is 0 Å². The van der Waals surface area contributed by atoms with Crippen LogP contribution in [0.5, 0.6) is 0 Å². The Kier molecular flexibility index (Phi) is 5.50. The van der Waals surface area contributed by atoms with Crippen molar-refractivity contribution in [3.05, 3.63) is 57.9 Å². The summed E-state index contributed by atoms with van der Waals surface area (Å²) in [6, 6.07) is 5.21. The molecular formula is C17H16N4O3S2. The number of aliphatic hydroxyl groups excluding tert-OH is 1. The van der Waals surface area contributed by atoms with Crippen LogP contribution in [-0.2, 0) is 4.79 Å². The van der Waals surface area contributed by atoms with Gasteiger partial charge in [-0.25, -0.2) is 4.98 Å². The molecule has 1 amide bonds. The quantitative estimate of drug-likeness (QED) is 0.440. The number of fused-ring (bicyclic) bond motifs is 1. The number of anilines is 1. The summed E-state index contributed by atoms with van der Waals surface area (Å²) in [6.45, 7) is 4.05. The maximum atomic E-state index is 12.9. The zero-order chi connectivity index (χ0) is 18.7. The van der Waals surface area contributed by atoms with Gasteiger partial charge in [0, 0.05) is 19.3 Å². The standard InChI is InChI=1S/C17H16N4O3S2/c1-2-7-21-16(24)12(26-17(21)25)10-11-14(18-6-9-22)19-13-5-3-4-8-20(13)15(11)23/h2-5,8,10,18,22H,1,6-7,9H2/b12-10-. The number of nitrogens with one attached hydrogen (secondary N) is 1. The van der Waals surface area contributed by atoms with E-state index in [0.29, 0.717) is 27.2 Å². The third-order valence-corrected chi connectivity index (χ3v) is 5.01. The van der Waals surface area contributed by atoms with Crippen molar-refractivity contribution in [2.45, 2.75) is 0 Å². The monoisotopic (exact) mass is 388 g/mol. The minimum Gasteiger partial charge on any atom is -0.395 e. The third-order valence-electron chi connectivity index (χ3n) is 3.63. The highest BCUT2D eigenvalue weighted by Gasteiger charge is 2.31. The lowest BCUT2D eigenvalue weighted by Crippen LogP contribution is -2.28. The van der Waals surface area contributed by atoms with Gasteiger partial charge in [0.1, 0.15) is 15.8 Å². The lowest BCUT2D eigenvalue weighted by atomic mass is 10.2. The van der Waals surface area contributed by atoms with Crippen LogP contribution in [0.25, 0.3) is 11.7 Å². The average molecular weight is 388 g/mol. The molecule has 134 valence electrons. The lowest BCUT2D eigenvalue weighted by molar-refractivity contribution is -0.121. The molecule has 2 aromatic heterocycles. The molecule has 1 fully saturated rings. The number of pyridine rings is 1. The molecule has 0 bridgehead atoms. The Hall–Kier alpha value is -2.49. The fourth-order valence-corrected chi connectivity index (χ4v) is 3.72. The predicted octanol–water partition coefficient (Wildman–Crippen LogP) is 1.49. The van der Waals surface area contributed by atoms with Crippen molar-refractivity contribution in [2.24, 2.45) is 0 Å². The first-order valence-electron chi connectivity index (χ1n) is 7.79. The molecule has 2 N–H and O–H groups in total. The van der Waals surface area contributed by atoms with Crippen molar-refractivity contribution < 1.29 is 9.90 Å². The number of aliphatic hydroxyl groups is 1. The van der Waals surface area contributed by atoms with Gasteiger partial charge in [0.15, 0.2) is 0 Å². The minimum atomic E-state index is -0.315. The summed E-state index contributed by atoms with van der Waals surface area (Å²) in [6.07, 6.45) is 4.70. The lowest BCUT2D eigenvalue weighted by Gasteiger charge is -2.11. The molecule has 0 aliphatic carbocycles. The van der Waals surface area contributed by atoms with Crippen molar-refractivity contribution in [2.75, 3.05) is 25.0 Å². The predicted molar refractivity (Wildman–Crippen MR) is 107 cm³/mol. The van der Waals surface area contributed by atoms with Crippen molar-refractivity contribution in [1.29, 1.82) is 0 Å². The normalized spacial score (nSPS) is 15.9. The number of aromatic nitrogens is 2. The van der Waals surface area contributed by atoms with E-state index in [4.69, 9.17) is 17.3 Å². The molecule has 9 heteroatoms. The second-order valence-electron chi connectivity index (χ2n) is 5.34. The van der Waals surface area contributed by atoms with Crippen LogP contribution in [0.2, 0.25) is 0 Å². The number of carbonyl (C=O) groups excluding carboxylic acids is 1. The van der Waals surface area contributed by atoms with Crippen molar-refractivity contribution in [1.82, 2.24) is 14.3 Å². The van der Waals surface area contributed by atoms with Crippen molar-refractivity contribution in [3.8, 4) is 0 Å². The van der Waals surface area contributed by atoms with Gasteiger partial charge in [-0.1, -0.05) is 36.1 Å². The molecule has 0 aromatic carbocycles. The van der Waals surface area contributed by atoms with Crippen LogP contribution in [0.1, 0.15) is 5.56 Å². The number of thioether (sulfide) groups is 1. The van der Waals surface area contributed by atoms with E-state index in [1.807, 2.05) is 0 Å². The van der Waals surface area contributed by atoms with E-state index in [-0.39, 0.29) is 30.2 Å². The Bertz CT molecular complexity index is 984. The summed E-state index contributed by atoms with van der Waals surface area (Å²) in [5, 5.41) is 12.0. The summed E-state index contributed by atoms with van der Waals surface area (Å²) in [5.74, 6) is 0.0369. The molecule has 0 saturated carbocycles. The smallest absolute Gasteiger partial charge is 0.267 e. The zero-order valence-corrected chi connectivity index (χ0v) is 15.3. The fraction of sp³-hybridized carbons (Fsp3) is 0.176. The summed E-state index contributed by atoms with van der Waals surface area (Å²) in [5.41, 5.74) is 0.389. The highest BCUT2D eigenvalue weighted by Crippen LogP contribution is 2.32. The first-order chi connectivity index (χ1) is 12.6. The van der Waals surface area contributed by atoms with Gasteiger partial charge in [0.25, 0.3) is 11.5 Å². The molecule has 2 aromatic rings. The maximum absolute atomic E-state index is 12.9. The molecule has 1 saturated heterocycles. The SMILES string of the molecule is C=CCN1C(=O)/C(=C/c2c(NCCO)nc3ccccn3c2=O)SC1=S. The highest BCUT2D eigenvalue weighted by molar-refractivity contribution is 8.26. The van der Waals surface area contributed by atoms with E-state index >= 15 is 0 Å². The molecule has 0 spiro atoms. The van der Waals surface area contributed by atoms with Gasteiger partial charge < -0.3 is 10.4 Å². The number of amides is 1. The number of thiocarbonyl (C=S) groups is 1. The average Bonchev–Trinajstić information content (AvgIpc) is 2.90. The maximum Gasteiger partial charge on any atom is 0.267 e. The van der Waals surface area contributed by atoms with Crippen LogP contribution >= 0.6 is 24.0 Å². The number of hydrogen-bond donors (Lipinski definition) is 2. The number of carbonyl (C=O) groups is 1. The van der Waals surface area contributed by atoms with Gasteiger partial charge in [-0.15, -0.1) is 6.58 Å². The van der Waals surface area contributed by atoms with Gasteiger partial charge >= 0.3 is 0 Å². The van der Waals surface area contributed by atoms with Gasteiger partial charge in [-0.2, -0.15) is 0 Å². The third kappa shape index (κ3) is 3.41. The van der Waals surface area contributed by atoms with E-state index in [9.17, 15) is 9.59 Å². The van der Waals surface area contributed by atoms with E-state index in [0.717, 1.165) is 11.8 Å². The van der Waals surface area contributed by atoms with E-state index in [1.54, 1.807) is 30.5 Å². The molecule has 3 rings (SSSR count). The van der Waals surface area contributed by atoms with Crippen LogP contribution in [0, 0.1) is 0 Å². The molecule has 26 heavy (non-hydrogen) atoms. The first-order valence-corrected chi connectivity index (χ1v) is 9.01. The number of rotatable bonds is 6. The van der Waals surface area contributed by atoms with E-state index in [2.05, 4.69) is 16.9 Å². The molecule has 0 radical (unpaired) electrons. The molecule has 0 atom stereocenters. The molecule has 1 aliphatic heterocycles. The van der Waals surface area contributed by atoms with Crippen LogP contribution < -0.4 is 10.9 Å². The van der Waals surface area contributed by atoms with Gasteiger partial charge in [0.2, 0.25) is 0 Å². The van der Waals surface area contributed by atoms with Gasteiger partial charge in [-0.3, -0.25) is 18.9 Å². The Balaban J connectivity index is 2.13. The van der Waals surface area contributed by atoms with Crippen LogP contribution in [0.15, 0.2) is 46.8 Å². The summed E-state index contributed by atoms with van der Waals surface area (Å²) >= 11 is 6.35. The van der Waals surface area contributed by atoms with Crippen LogP contribution in [0.3, 0.4) is 0 Å². The second-order valence-corrected chi connectivity index (χ2v) is 7.02. The van der Waals surface area contributed by atoms with Crippen molar-refractivity contribution >= 4 is 51.7 Å². The summed E-state index contributed by atoms with van der Waals surface area (Å²) < 4.78 is 1.82. The Labute approximate surface area is 159 Å². The minimum absolute atomic E-state index is 0.114. The second kappa shape index (κ2) is 7.81. The molecule has 7 nitrogen and oxygen atoms in total. The van der Waals surface area contributed by atoms with E-state index < -0.39 is 0 Å². The Morgan fingerprint density at radius 2 is 2.19 bits per heavy atom.